The highest BCUT2D eigenvalue weighted by Gasteiger charge is 2.23. The van der Waals surface area contributed by atoms with Gasteiger partial charge in [-0.1, -0.05) is 12.1 Å². The lowest BCUT2D eigenvalue weighted by Crippen LogP contribution is -2.32. The molecule has 2 aromatic heterocycles. The quantitative estimate of drug-likeness (QED) is 0.745. The van der Waals surface area contributed by atoms with E-state index in [0.717, 1.165) is 54.0 Å². The van der Waals surface area contributed by atoms with E-state index < -0.39 is 0 Å². The zero-order valence-corrected chi connectivity index (χ0v) is 14.8. The van der Waals surface area contributed by atoms with Crippen LogP contribution in [0.5, 0.6) is 5.75 Å². The molecule has 0 radical (unpaired) electrons. The molecule has 132 valence electrons. The van der Waals surface area contributed by atoms with Gasteiger partial charge in [-0.25, -0.2) is 14.6 Å². The smallest absolute Gasteiger partial charge is 0.164 e. The van der Waals surface area contributed by atoms with E-state index in [4.69, 9.17) is 15.6 Å². The second-order valence-electron chi connectivity index (χ2n) is 5.98. The standard InChI is InChI=1S/C17H20N6O.ClH/c1-24-13-6-2-4-11(8-13)15-14-16(18)20-10-21-17(14)23(22-15)12-5-3-7-19-9-12;/h2,4,6,8,10,12,19H,3,5,7,9H2,1H3,(H2,18,20,21);1H/t12-;/m1./s1. The van der Waals surface area contributed by atoms with E-state index in [-0.39, 0.29) is 18.4 Å². The average molecular weight is 361 g/mol. The van der Waals surface area contributed by atoms with Gasteiger partial charge in [0.15, 0.2) is 5.65 Å². The first-order valence-corrected chi connectivity index (χ1v) is 8.12. The lowest BCUT2D eigenvalue weighted by atomic mass is 10.1. The van der Waals surface area contributed by atoms with E-state index in [1.807, 2.05) is 28.9 Å². The van der Waals surface area contributed by atoms with E-state index in [1.165, 1.54) is 6.33 Å². The highest BCUT2D eigenvalue weighted by molar-refractivity contribution is 5.98. The van der Waals surface area contributed by atoms with Gasteiger partial charge >= 0.3 is 0 Å². The monoisotopic (exact) mass is 360 g/mol. The molecule has 0 saturated carbocycles. The molecule has 3 N–H and O–H groups in total. The third kappa shape index (κ3) is 3.12. The van der Waals surface area contributed by atoms with E-state index in [2.05, 4.69) is 15.3 Å². The van der Waals surface area contributed by atoms with Gasteiger partial charge < -0.3 is 15.8 Å². The Hall–Kier alpha value is -2.38. The Morgan fingerprint density at radius 2 is 2.20 bits per heavy atom. The SMILES string of the molecule is COc1cccc(-c2nn([C@@H]3CCCNC3)c3ncnc(N)c23)c1.Cl. The van der Waals surface area contributed by atoms with Crippen LogP contribution in [0, 0.1) is 0 Å². The van der Waals surface area contributed by atoms with Crippen LogP contribution in [0.3, 0.4) is 0 Å². The van der Waals surface area contributed by atoms with Crippen LogP contribution in [0.2, 0.25) is 0 Å². The molecule has 0 bridgehead atoms. The zero-order valence-electron chi connectivity index (χ0n) is 14.0. The van der Waals surface area contributed by atoms with E-state index in [9.17, 15) is 0 Å². The molecule has 0 spiro atoms. The Labute approximate surface area is 152 Å². The fourth-order valence-corrected chi connectivity index (χ4v) is 3.26. The summed E-state index contributed by atoms with van der Waals surface area (Å²) in [5, 5.41) is 9.08. The van der Waals surface area contributed by atoms with Crippen LogP contribution in [-0.4, -0.2) is 39.9 Å². The molecular weight excluding hydrogens is 340 g/mol. The number of fused-ring (bicyclic) bond motifs is 1. The van der Waals surface area contributed by atoms with Crippen molar-refractivity contribution in [3.8, 4) is 17.0 Å². The summed E-state index contributed by atoms with van der Waals surface area (Å²) in [7, 11) is 1.65. The summed E-state index contributed by atoms with van der Waals surface area (Å²) in [5.74, 6) is 1.23. The molecule has 0 unspecified atom stereocenters. The summed E-state index contributed by atoms with van der Waals surface area (Å²) in [6.45, 7) is 1.94. The summed E-state index contributed by atoms with van der Waals surface area (Å²) in [6, 6.07) is 8.09. The predicted molar refractivity (Wildman–Crippen MR) is 100 cm³/mol. The largest absolute Gasteiger partial charge is 0.497 e. The Balaban J connectivity index is 0.00000182. The number of nitrogens with two attached hydrogens (primary N) is 1. The molecule has 3 heterocycles. The van der Waals surface area contributed by atoms with Crippen LogP contribution in [0.4, 0.5) is 5.82 Å². The van der Waals surface area contributed by atoms with Crippen LogP contribution >= 0.6 is 12.4 Å². The molecular formula is C17H21ClN6O. The van der Waals surface area contributed by atoms with Crippen molar-refractivity contribution >= 4 is 29.3 Å². The summed E-state index contributed by atoms with van der Waals surface area (Å²) < 4.78 is 7.33. The van der Waals surface area contributed by atoms with Crippen molar-refractivity contribution in [2.24, 2.45) is 0 Å². The summed E-state index contributed by atoms with van der Waals surface area (Å²) in [4.78, 5) is 8.62. The Morgan fingerprint density at radius 1 is 1.32 bits per heavy atom. The number of ether oxygens (including phenoxy) is 1. The van der Waals surface area contributed by atoms with Gasteiger partial charge in [0.05, 0.1) is 18.5 Å². The number of anilines is 1. The molecule has 1 atom stereocenters. The molecule has 4 rings (SSSR count). The van der Waals surface area contributed by atoms with Crippen LogP contribution < -0.4 is 15.8 Å². The number of rotatable bonds is 3. The first kappa shape index (κ1) is 17.4. The maximum atomic E-state index is 6.16. The fraction of sp³-hybridized carbons (Fsp3) is 0.353. The molecule has 3 aromatic rings. The number of hydrogen-bond acceptors (Lipinski definition) is 6. The Kier molecular flexibility index (Phi) is 5.06. The molecule has 1 aliphatic rings. The van der Waals surface area contributed by atoms with Crippen LogP contribution in [0.15, 0.2) is 30.6 Å². The predicted octanol–water partition coefficient (Wildman–Crippen LogP) is 2.43. The van der Waals surface area contributed by atoms with Crippen LogP contribution in [0.1, 0.15) is 18.9 Å². The highest BCUT2D eigenvalue weighted by atomic mass is 35.5. The molecule has 8 heteroatoms. The number of nitrogens with zero attached hydrogens (tertiary/aromatic N) is 4. The summed E-state index contributed by atoms with van der Waals surface area (Å²) >= 11 is 0. The normalized spacial score (nSPS) is 17.2. The van der Waals surface area contributed by atoms with Gasteiger partial charge in [-0.2, -0.15) is 5.10 Å². The van der Waals surface area contributed by atoms with Gasteiger partial charge in [-0.15, -0.1) is 12.4 Å². The van der Waals surface area contributed by atoms with Crippen molar-refractivity contribution in [1.82, 2.24) is 25.1 Å². The number of nitrogens with one attached hydrogen (secondary N) is 1. The van der Waals surface area contributed by atoms with Gasteiger partial charge in [-0.05, 0) is 31.5 Å². The minimum atomic E-state index is 0. The van der Waals surface area contributed by atoms with Gasteiger partial charge in [0.1, 0.15) is 23.6 Å². The summed E-state index contributed by atoms with van der Waals surface area (Å²) in [6.07, 6.45) is 3.70. The van der Waals surface area contributed by atoms with Crippen molar-refractivity contribution < 1.29 is 4.74 Å². The second-order valence-corrected chi connectivity index (χ2v) is 5.98. The van der Waals surface area contributed by atoms with Gasteiger partial charge in [-0.3, -0.25) is 0 Å². The first-order chi connectivity index (χ1) is 11.8. The number of nitrogen functional groups attached to an aromatic ring is 1. The van der Waals surface area contributed by atoms with E-state index in [1.54, 1.807) is 7.11 Å². The Bertz CT molecular complexity index is 875. The van der Waals surface area contributed by atoms with Crippen molar-refractivity contribution in [3.05, 3.63) is 30.6 Å². The zero-order chi connectivity index (χ0) is 16.5. The van der Waals surface area contributed by atoms with Gasteiger partial charge in [0, 0.05) is 12.1 Å². The number of halogens is 1. The van der Waals surface area contributed by atoms with Gasteiger partial charge in [0.2, 0.25) is 0 Å². The molecule has 25 heavy (non-hydrogen) atoms. The number of aromatic nitrogens is 4. The van der Waals surface area contributed by atoms with Crippen LogP contribution in [0.25, 0.3) is 22.3 Å². The molecule has 1 fully saturated rings. The number of piperidine rings is 1. The Morgan fingerprint density at radius 3 is 2.96 bits per heavy atom. The minimum Gasteiger partial charge on any atom is -0.497 e. The highest BCUT2D eigenvalue weighted by Crippen LogP contribution is 2.33. The molecule has 1 saturated heterocycles. The van der Waals surface area contributed by atoms with E-state index >= 15 is 0 Å². The lowest BCUT2D eigenvalue weighted by Gasteiger charge is -2.23. The molecule has 1 aromatic carbocycles. The van der Waals surface area contributed by atoms with Crippen molar-refractivity contribution in [1.29, 1.82) is 0 Å². The summed E-state index contributed by atoms with van der Waals surface area (Å²) in [5.41, 5.74) is 8.69. The molecule has 0 aliphatic carbocycles. The molecule has 7 nitrogen and oxygen atoms in total. The topological polar surface area (TPSA) is 90.9 Å². The van der Waals surface area contributed by atoms with Gasteiger partial charge in [0.25, 0.3) is 0 Å². The number of hydrogen-bond donors (Lipinski definition) is 2. The van der Waals surface area contributed by atoms with Crippen LogP contribution in [-0.2, 0) is 0 Å². The second kappa shape index (κ2) is 7.25. The van der Waals surface area contributed by atoms with E-state index in [0.29, 0.717) is 5.82 Å². The van der Waals surface area contributed by atoms with Crippen molar-refractivity contribution in [2.45, 2.75) is 18.9 Å². The number of benzene rings is 1. The maximum absolute atomic E-state index is 6.16. The maximum Gasteiger partial charge on any atom is 0.164 e. The van der Waals surface area contributed by atoms with Crippen molar-refractivity contribution in [2.75, 3.05) is 25.9 Å². The fourth-order valence-electron chi connectivity index (χ4n) is 3.26. The third-order valence-electron chi connectivity index (χ3n) is 4.48. The first-order valence-electron chi connectivity index (χ1n) is 8.12. The minimum absolute atomic E-state index is 0. The average Bonchev–Trinajstić information content (AvgIpc) is 3.04. The number of methoxy groups -OCH3 is 1. The third-order valence-corrected chi connectivity index (χ3v) is 4.48. The van der Waals surface area contributed by atoms with Crippen molar-refractivity contribution in [3.63, 3.8) is 0 Å². The lowest BCUT2D eigenvalue weighted by molar-refractivity contribution is 0.354. The molecule has 1 aliphatic heterocycles. The molecule has 0 amide bonds.